The molecule has 5 rings (SSSR count). The average molecular weight is 537 g/mol. The van der Waals surface area contributed by atoms with Crippen molar-refractivity contribution in [1.82, 2.24) is 20.1 Å². The van der Waals surface area contributed by atoms with Gasteiger partial charge < -0.3 is 15.0 Å². The van der Waals surface area contributed by atoms with Crippen LogP contribution in [0.4, 0.5) is 4.39 Å². The number of likely N-dealkylation sites (tertiary alicyclic amines) is 1. The molecule has 3 heterocycles. The SMILES string of the molecule is O=C(NCc1cccnc1)[C@H]1COC2(CCN(C(=O)c3cccc(Cl)c3)CC2)N1C(=O)c1ccc(F)cc1. The highest BCUT2D eigenvalue weighted by molar-refractivity contribution is 6.30. The highest BCUT2D eigenvalue weighted by Gasteiger charge is 2.54. The molecule has 2 aliphatic rings. The lowest BCUT2D eigenvalue weighted by molar-refractivity contribution is -0.128. The molecule has 8 nitrogen and oxygen atoms in total. The lowest BCUT2D eigenvalue weighted by Crippen LogP contribution is -2.59. The number of nitrogens with one attached hydrogen (secondary N) is 1. The summed E-state index contributed by atoms with van der Waals surface area (Å²) in [6.45, 7) is 0.899. The summed E-state index contributed by atoms with van der Waals surface area (Å²) in [5.41, 5.74) is 0.470. The highest BCUT2D eigenvalue weighted by atomic mass is 35.5. The van der Waals surface area contributed by atoms with Gasteiger partial charge in [0.25, 0.3) is 11.8 Å². The summed E-state index contributed by atoms with van der Waals surface area (Å²) in [7, 11) is 0. The van der Waals surface area contributed by atoms with Crippen molar-refractivity contribution in [2.75, 3.05) is 19.7 Å². The van der Waals surface area contributed by atoms with Gasteiger partial charge in [-0.2, -0.15) is 0 Å². The number of nitrogens with zero attached hydrogens (tertiary/aromatic N) is 3. The van der Waals surface area contributed by atoms with Crippen molar-refractivity contribution in [3.05, 3.63) is 101 Å². The number of piperidine rings is 1. The molecule has 1 aromatic heterocycles. The fourth-order valence-corrected chi connectivity index (χ4v) is 5.16. The smallest absolute Gasteiger partial charge is 0.256 e. The molecule has 3 amide bonds. The first-order valence-electron chi connectivity index (χ1n) is 12.3. The minimum atomic E-state index is -1.08. The lowest BCUT2D eigenvalue weighted by Gasteiger charge is -2.44. The molecule has 2 saturated heterocycles. The Labute approximate surface area is 224 Å². The number of carbonyl (C=O) groups excluding carboxylic acids is 3. The number of rotatable bonds is 5. The lowest BCUT2D eigenvalue weighted by atomic mass is 9.96. The van der Waals surface area contributed by atoms with Crippen LogP contribution in [0.25, 0.3) is 0 Å². The summed E-state index contributed by atoms with van der Waals surface area (Å²) < 4.78 is 19.8. The van der Waals surface area contributed by atoms with Crippen molar-refractivity contribution in [3.63, 3.8) is 0 Å². The first-order chi connectivity index (χ1) is 18.4. The molecule has 1 atom stereocenters. The van der Waals surface area contributed by atoms with E-state index < -0.39 is 23.5 Å². The molecule has 0 unspecified atom stereocenters. The Morgan fingerprint density at radius 1 is 1.03 bits per heavy atom. The van der Waals surface area contributed by atoms with E-state index in [9.17, 15) is 18.8 Å². The molecule has 0 radical (unpaired) electrons. The van der Waals surface area contributed by atoms with Gasteiger partial charge in [-0.05, 0) is 54.1 Å². The predicted molar refractivity (Wildman–Crippen MR) is 138 cm³/mol. The molecule has 2 aromatic carbocycles. The van der Waals surface area contributed by atoms with E-state index in [-0.39, 0.29) is 30.5 Å². The van der Waals surface area contributed by atoms with Gasteiger partial charge in [-0.15, -0.1) is 0 Å². The van der Waals surface area contributed by atoms with E-state index in [1.807, 2.05) is 6.07 Å². The Morgan fingerprint density at radius 3 is 2.47 bits per heavy atom. The maximum atomic E-state index is 13.7. The third-order valence-electron chi connectivity index (χ3n) is 6.97. The summed E-state index contributed by atoms with van der Waals surface area (Å²) >= 11 is 6.06. The zero-order chi connectivity index (χ0) is 26.7. The number of hydrogen-bond donors (Lipinski definition) is 1. The Bertz CT molecular complexity index is 1330. The number of halogens is 2. The molecular formula is C28H26ClFN4O4. The quantitative estimate of drug-likeness (QED) is 0.537. The third kappa shape index (κ3) is 5.25. The van der Waals surface area contributed by atoms with Crippen LogP contribution in [0, 0.1) is 5.82 Å². The maximum Gasteiger partial charge on any atom is 0.256 e. The second-order valence-corrected chi connectivity index (χ2v) is 9.77. The molecule has 1 spiro atoms. The van der Waals surface area contributed by atoms with E-state index in [1.165, 1.54) is 29.2 Å². The van der Waals surface area contributed by atoms with Crippen LogP contribution in [0.1, 0.15) is 39.1 Å². The maximum absolute atomic E-state index is 13.7. The third-order valence-corrected chi connectivity index (χ3v) is 7.20. The van der Waals surface area contributed by atoms with Crippen molar-refractivity contribution in [1.29, 1.82) is 0 Å². The summed E-state index contributed by atoms with van der Waals surface area (Å²) in [6, 6.07) is 14.7. The monoisotopic (exact) mass is 536 g/mol. The standard InChI is InChI=1S/C28H26ClFN4O4/c29-22-5-1-4-21(15-22)26(36)33-13-10-28(11-14-33)34(27(37)20-6-8-23(30)9-7-20)24(18-38-28)25(35)32-17-19-3-2-12-31-16-19/h1-9,12,15-16,24H,10-11,13-14,17-18H2,(H,32,35)/t24-/m1/s1. The normalized spacial score (nSPS) is 18.4. The van der Waals surface area contributed by atoms with Crippen molar-refractivity contribution in [2.24, 2.45) is 0 Å². The van der Waals surface area contributed by atoms with E-state index >= 15 is 0 Å². The summed E-state index contributed by atoms with van der Waals surface area (Å²) in [5, 5.41) is 3.34. The minimum absolute atomic E-state index is 0.00798. The van der Waals surface area contributed by atoms with E-state index in [0.29, 0.717) is 36.5 Å². The van der Waals surface area contributed by atoms with Gasteiger partial charge in [0, 0.05) is 61.0 Å². The second-order valence-electron chi connectivity index (χ2n) is 9.34. The fraction of sp³-hybridized carbons (Fsp3) is 0.286. The molecule has 0 saturated carbocycles. The van der Waals surface area contributed by atoms with Gasteiger partial charge in [0.05, 0.1) is 6.61 Å². The van der Waals surface area contributed by atoms with E-state index in [2.05, 4.69) is 10.3 Å². The fourth-order valence-electron chi connectivity index (χ4n) is 4.97. The van der Waals surface area contributed by atoms with E-state index in [1.54, 1.807) is 47.6 Å². The number of pyridine rings is 1. The van der Waals surface area contributed by atoms with Crippen LogP contribution in [-0.2, 0) is 16.1 Å². The topological polar surface area (TPSA) is 91.8 Å². The van der Waals surface area contributed by atoms with Gasteiger partial charge >= 0.3 is 0 Å². The van der Waals surface area contributed by atoms with Crippen LogP contribution in [0.2, 0.25) is 5.02 Å². The molecule has 0 bridgehead atoms. The van der Waals surface area contributed by atoms with Crippen LogP contribution >= 0.6 is 11.6 Å². The van der Waals surface area contributed by atoms with Crippen molar-refractivity contribution in [3.8, 4) is 0 Å². The second kappa shape index (κ2) is 10.9. The summed E-state index contributed by atoms with van der Waals surface area (Å²) in [6.07, 6.45) is 3.94. The van der Waals surface area contributed by atoms with Crippen LogP contribution in [-0.4, -0.2) is 64.0 Å². The summed E-state index contributed by atoms with van der Waals surface area (Å²) in [5.74, 6) is -1.42. The van der Waals surface area contributed by atoms with Crippen molar-refractivity contribution in [2.45, 2.75) is 31.2 Å². The van der Waals surface area contributed by atoms with Gasteiger partial charge in [0.15, 0.2) is 0 Å². The zero-order valence-corrected chi connectivity index (χ0v) is 21.2. The molecular weight excluding hydrogens is 511 g/mol. The minimum Gasteiger partial charge on any atom is -0.353 e. The highest BCUT2D eigenvalue weighted by Crippen LogP contribution is 2.39. The first-order valence-corrected chi connectivity index (χ1v) is 12.7. The van der Waals surface area contributed by atoms with E-state index in [0.717, 1.165) is 5.56 Å². The van der Waals surface area contributed by atoms with Gasteiger partial charge in [0.1, 0.15) is 17.6 Å². The number of aromatic nitrogens is 1. The Balaban J connectivity index is 1.36. The number of amides is 3. The predicted octanol–water partition coefficient (Wildman–Crippen LogP) is 3.66. The van der Waals surface area contributed by atoms with Crippen LogP contribution in [0.3, 0.4) is 0 Å². The average Bonchev–Trinajstić information content (AvgIpc) is 3.30. The van der Waals surface area contributed by atoms with Crippen LogP contribution in [0.15, 0.2) is 73.1 Å². The van der Waals surface area contributed by atoms with Gasteiger partial charge in [0.2, 0.25) is 5.91 Å². The van der Waals surface area contributed by atoms with Crippen LogP contribution in [0.5, 0.6) is 0 Å². The Kier molecular flexibility index (Phi) is 7.40. The zero-order valence-electron chi connectivity index (χ0n) is 20.5. The largest absolute Gasteiger partial charge is 0.353 e. The molecule has 3 aromatic rings. The van der Waals surface area contributed by atoms with Gasteiger partial charge in [-0.1, -0.05) is 23.7 Å². The molecule has 1 N–H and O–H groups in total. The van der Waals surface area contributed by atoms with Crippen molar-refractivity contribution < 1.29 is 23.5 Å². The Morgan fingerprint density at radius 2 is 1.79 bits per heavy atom. The number of hydrogen-bond acceptors (Lipinski definition) is 5. The van der Waals surface area contributed by atoms with Crippen LogP contribution < -0.4 is 5.32 Å². The Hall–Kier alpha value is -3.82. The first kappa shape index (κ1) is 25.8. The molecule has 2 aliphatic heterocycles. The number of carbonyl (C=O) groups is 3. The molecule has 196 valence electrons. The summed E-state index contributed by atoms with van der Waals surface area (Å²) in [4.78, 5) is 47.3. The molecule has 38 heavy (non-hydrogen) atoms. The molecule has 2 fully saturated rings. The van der Waals surface area contributed by atoms with Gasteiger partial charge in [-0.3, -0.25) is 24.3 Å². The number of ether oxygens (including phenoxy) is 1. The van der Waals surface area contributed by atoms with E-state index in [4.69, 9.17) is 16.3 Å². The van der Waals surface area contributed by atoms with Gasteiger partial charge in [-0.25, -0.2) is 4.39 Å². The van der Waals surface area contributed by atoms with Crippen molar-refractivity contribution >= 4 is 29.3 Å². The number of benzene rings is 2. The molecule has 0 aliphatic carbocycles. The molecule has 10 heteroatoms.